The van der Waals surface area contributed by atoms with Crippen molar-refractivity contribution in [3.8, 4) is 0 Å². The van der Waals surface area contributed by atoms with Gasteiger partial charge in [0.15, 0.2) is 0 Å². The zero-order valence-corrected chi connectivity index (χ0v) is 10.7. The zero-order valence-electron chi connectivity index (χ0n) is 9.14. The number of halogens is 2. The molecule has 0 aliphatic rings. The molecule has 84 valence electrons. The third kappa shape index (κ3) is 2.08. The monoisotopic (exact) mass is 254 g/mol. The number of hydrogen-bond acceptors (Lipinski definition) is 2. The zero-order chi connectivity index (χ0) is 11.7. The summed E-state index contributed by atoms with van der Waals surface area (Å²) in [5.41, 5.74) is 1.88. The van der Waals surface area contributed by atoms with E-state index >= 15 is 0 Å². The van der Waals surface area contributed by atoms with E-state index in [-0.39, 0.29) is 0 Å². The van der Waals surface area contributed by atoms with Crippen molar-refractivity contribution in [3.63, 3.8) is 0 Å². The highest BCUT2D eigenvalue weighted by Gasteiger charge is 2.07. The normalized spacial score (nSPS) is 10.8. The Morgan fingerprint density at radius 3 is 2.69 bits per heavy atom. The maximum absolute atomic E-state index is 6.11. The van der Waals surface area contributed by atoms with Crippen LogP contribution in [-0.4, -0.2) is 11.5 Å². The molecule has 0 aliphatic heterocycles. The molecule has 4 heteroatoms. The maximum Gasteiger partial charge on any atom is 0.129 e. The molecular formula is C12H12Cl2N2. The number of rotatable bonds is 2. The summed E-state index contributed by atoms with van der Waals surface area (Å²) in [4.78, 5) is 4.50. The number of nitrogens with one attached hydrogen (secondary N) is 1. The highest BCUT2D eigenvalue weighted by Crippen LogP contribution is 2.29. The van der Waals surface area contributed by atoms with Gasteiger partial charge in [0.2, 0.25) is 0 Å². The molecular weight excluding hydrogens is 243 g/mol. The SMILES string of the molecule is CCNc1nc2c(Cl)cc(Cl)cc2cc1C. The first kappa shape index (κ1) is 11.5. The van der Waals surface area contributed by atoms with Gasteiger partial charge >= 0.3 is 0 Å². The number of benzene rings is 1. The Hall–Kier alpha value is -0.990. The van der Waals surface area contributed by atoms with Crippen LogP contribution in [0.1, 0.15) is 12.5 Å². The predicted octanol–water partition coefficient (Wildman–Crippen LogP) is 4.28. The van der Waals surface area contributed by atoms with Crippen molar-refractivity contribution in [1.29, 1.82) is 0 Å². The summed E-state index contributed by atoms with van der Waals surface area (Å²) in [6.07, 6.45) is 0. The molecule has 2 aromatic rings. The fourth-order valence-electron chi connectivity index (χ4n) is 1.66. The lowest BCUT2D eigenvalue weighted by Crippen LogP contribution is -2.01. The van der Waals surface area contributed by atoms with E-state index in [2.05, 4.69) is 10.3 Å². The van der Waals surface area contributed by atoms with Gasteiger partial charge in [0.05, 0.1) is 10.5 Å². The lowest BCUT2D eigenvalue weighted by molar-refractivity contribution is 1.16. The van der Waals surface area contributed by atoms with Crippen LogP contribution in [0.3, 0.4) is 0 Å². The average molecular weight is 255 g/mol. The quantitative estimate of drug-likeness (QED) is 0.866. The van der Waals surface area contributed by atoms with Crippen molar-refractivity contribution in [3.05, 3.63) is 33.8 Å². The second-order valence-electron chi connectivity index (χ2n) is 3.64. The molecule has 0 atom stereocenters. The minimum atomic E-state index is 0.585. The Bertz CT molecular complexity index is 538. The average Bonchev–Trinajstić information content (AvgIpc) is 2.20. The minimum absolute atomic E-state index is 0.585. The molecule has 16 heavy (non-hydrogen) atoms. The van der Waals surface area contributed by atoms with Gasteiger partial charge in [-0.3, -0.25) is 0 Å². The van der Waals surface area contributed by atoms with Crippen LogP contribution in [0.4, 0.5) is 5.82 Å². The molecule has 0 saturated carbocycles. The fraction of sp³-hybridized carbons (Fsp3) is 0.250. The fourth-order valence-corrected chi connectivity index (χ4v) is 2.21. The Balaban J connectivity index is 2.69. The molecule has 0 radical (unpaired) electrons. The molecule has 0 amide bonds. The van der Waals surface area contributed by atoms with Crippen LogP contribution >= 0.6 is 23.2 Å². The Kier molecular flexibility index (Phi) is 3.22. The van der Waals surface area contributed by atoms with Crippen LogP contribution < -0.4 is 5.32 Å². The van der Waals surface area contributed by atoms with Crippen molar-refractivity contribution in [2.75, 3.05) is 11.9 Å². The summed E-state index contributed by atoms with van der Waals surface area (Å²) in [6, 6.07) is 5.63. The van der Waals surface area contributed by atoms with E-state index in [1.54, 1.807) is 6.07 Å². The number of fused-ring (bicyclic) bond motifs is 1. The van der Waals surface area contributed by atoms with Crippen LogP contribution in [0.5, 0.6) is 0 Å². The predicted molar refractivity (Wildman–Crippen MR) is 70.7 cm³/mol. The molecule has 1 heterocycles. The number of hydrogen-bond donors (Lipinski definition) is 1. The molecule has 2 rings (SSSR count). The molecule has 0 spiro atoms. The number of anilines is 1. The highest BCUT2D eigenvalue weighted by molar-refractivity contribution is 6.38. The third-order valence-corrected chi connectivity index (χ3v) is 2.88. The first-order chi connectivity index (χ1) is 7.61. The van der Waals surface area contributed by atoms with Gasteiger partial charge in [0, 0.05) is 17.0 Å². The van der Waals surface area contributed by atoms with Gasteiger partial charge in [-0.05, 0) is 37.6 Å². The van der Waals surface area contributed by atoms with Crippen molar-refractivity contribution in [2.24, 2.45) is 0 Å². The van der Waals surface area contributed by atoms with Crippen LogP contribution in [0, 0.1) is 6.92 Å². The Labute approximate surface area is 105 Å². The van der Waals surface area contributed by atoms with Crippen LogP contribution in [0.15, 0.2) is 18.2 Å². The summed E-state index contributed by atoms with van der Waals surface area (Å²) in [5.74, 6) is 0.874. The first-order valence-corrected chi connectivity index (χ1v) is 5.87. The van der Waals surface area contributed by atoms with Crippen molar-refractivity contribution in [1.82, 2.24) is 4.98 Å². The van der Waals surface area contributed by atoms with Gasteiger partial charge in [-0.1, -0.05) is 23.2 Å². The summed E-state index contributed by atoms with van der Waals surface area (Å²) < 4.78 is 0. The molecule has 1 aromatic carbocycles. The number of aryl methyl sites for hydroxylation is 1. The topological polar surface area (TPSA) is 24.9 Å². The second-order valence-corrected chi connectivity index (χ2v) is 4.49. The standard InChI is InChI=1S/C12H12Cl2N2/c1-3-15-12-7(2)4-8-5-9(13)6-10(14)11(8)16-12/h4-6H,3H2,1-2H3,(H,15,16). The van der Waals surface area contributed by atoms with E-state index in [9.17, 15) is 0 Å². The molecule has 0 unspecified atom stereocenters. The van der Waals surface area contributed by atoms with E-state index in [0.717, 1.165) is 28.8 Å². The van der Waals surface area contributed by atoms with Crippen molar-refractivity contribution >= 4 is 39.9 Å². The second kappa shape index (κ2) is 4.48. The van der Waals surface area contributed by atoms with Crippen molar-refractivity contribution in [2.45, 2.75) is 13.8 Å². The van der Waals surface area contributed by atoms with E-state index in [0.29, 0.717) is 10.0 Å². The van der Waals surface area contributed by atoms with Gasteiger partial charge in [-0.25, -0.2) is 4.98 Å². The molecule has 0 bridgehead atoms. The lowest BCUT2D eigenvalue weighted by Gasteiger charge is -2.09. The van der Waals surface area contributed by atoms with Gasteiger partial charge in [-0.15, -0.1) is 0 Å². The summed E-state index contributed by atoms with van der Waals surface area (Å²) in [5, 5.41) is 5.40. The molecule has 0 fully saturated rings. The summed E-state index contributed by atoms with van der Waals surface area (Å²) >= 11 is 12.1. The summed E-state index contributed by atoms with van der Waals surface area (Å²) in [6.45, 7) is 4.89. The number of nitrogens with zero attached hydrogens (tertiary/aromatic N) is 1. The molecule has 2 nitrogen and oxygen atoms in total. The Morgan fingerprint density at radius 1 is 1.25 bits per heavy atom. The van der Waals surface area contributed by atoms with Gasteiger partial charge in [0.25, 0.3) is 0 Å². The van der Waals surface area contributed by atoms with Gasteiger partial charge in [-0.2, -0.15) is 0 Å². The van der Waals surface area contributed by atoms with E-state index in [1.165, 1.54) is 0 Å². The largest absolute Gasteiger partial charge is 0.370 e. The number of pyridine rings is 1. The van der Waals surface area contributed by atoms with Crippen molar-refractivity contribution < 1.29 is 0 Å². The molecule has 1 aromatic heterocycles. The smallest absolute Gasteiger partial charge is 0.129 e. The lowest BCUT2D eigenvalue weighted by atomic mass is 10.1. The van der Waals surface area contributed by atoms with E-state index < -0.39 is 0 Å². The number of aromatic nitrogens is 1. The molecule has 0 saturated heterocycles. The van der Waals surface area contributed by atoms with Crippen LogP contribution in [0.2, 0.25) is 10.0 Å². The van der Waals surface area contributed by atoms with Gasteiger partial charge in [0.1, 0.15) is 5.82 Å². The molecule has 0 aliphatic carbocycles. The maximum atomic E-state index is 6.11. The van der Waals surface area contributed by atoms with Crippen LogP contribution in [-0.2, 0) is 0 Å². The third-order valence-electron chi connectivity index (χ3n) is 2.37. The highest BCUT2D eigenvalue weighted by atomic mass is 35.5. The van der Waals surface area contributed by atoms with Crippen LogP contribution in [0.25, 0.3) is 10.9 Å². The van der Waals surface area contributed by atoms with E-state index in [4.69, 9.17) is 23.2 Å². The molecule has 1 N–H and O–H groups in total. The Morgan fingerprint density at radius 2 is 2.00 bits per heavy atom. The first-order valence-electron chi connectivity index (χ1n) is 5.12. The minimum Gasteiger partial charge on any atom is -0.370 e. The van der Waals surface area contributed by atoms with E-state index in [1.807, 2.05) is 26.0 Å². The summed E-state index contributed by atoms with van der Waals surface area (Å²) in [7, 11) is 0. The van der Waals surface area contributed by atoms with Gasteiger partial charge < -0.3 is 5.32 Å².